The molecule has 0 aliphatic heterocycles. The number of aliphatic carboxylic acids is 1. The minimum absolute atomic E-state index is 0.0537. The van der Waals surface area contributed by atoms with Crippen molar-refractivity contribution in [3.63, 3.8) is 0 Å². The summed E-state index contributed by atoms with van der Waals surface area (Å²) in [7, 11) is 0. The number of hydrogen-bond donors (Lipinski definition) is 4. The molecule has 1 rings (SSSR count). The fraction of sp³-hybridized carbons (Fsp3) is 0.308. The number of amides is 2. The van der Waals surface area contributed by atoms with Crippen LogP contribution < -0.4 is 10.6 Å². The minimum atomic E-state index is -1.56. The zero-order chi connectivity index (χ0) is 15.8. The normalized spacial score (nSPS) is 11.5. The van der Waals surface area contributed by atoms with Crippen molar-refractivity contribution in [1.29, 1.82) is 0 Å². The Labute approximate surface area is 119 Å². The Morgan fingerprint density at radius 3 is 2.48 bits per heavy atom. The summed E-state index contributed by atoms with van der Waals surface area (Å²) < 4.78 is 13.3. The van der Waals surface area contributed by atoms with E-state index in [-0.39, 0.29) is 25.1 Å². The summed E-state index contributed by atoms with van der Waals surface area (Å²) in [5.74, 6) is -3.37. The fourth-order valence-corrected chi connectivity index (χ4v) is 1.44. The molecule has 21 heavy (non-hydrogen) atoms. The van der Waals surface area contributed by atoms with E-state index >= 15 is 0 Å². The van der Waals surface area contributed by atoms with Gasteiger partial charge in [-0.15, -0.1) is 0 Å². The highest BCUT2D eigenvalue weighted by Gasteiger charge is 2.14. The van der Waals surface area contributed by atoms with Crippen molar-refractivity contribution in [2.45, 2.75) is 12.5 Å². The van der Waals surface area contributed by atoms with E-state index in [2.05, 4.69) is 10.6 Å². The SMILES string of the molecule is O=C(CNC(=O)c1ccccc1F)NCCC(O)C(=O)O. The minimum Gasteiger partial charge on any atom is -0.479 e. The number of carbonyl (C=O) groups excluding carboxylic acids is 2. The quantitative estimate of drug-likeness (QED) is 0.542. The van der Waals surface area contributed by atoms with Crippen LogP contribution in [0.4, 0.5) is 4.39 Å². The van der Waals surface area contributed by atoms with Crippen LogP contribution in [-0.4, -0.2) is 47.2 Å². The second-order valence-corrected chi connectivity index (χ2v) is 4.16. The predicted molar refractivity (Wildman–Crippen MR) is 70.0 cm³/mol. The summed E-state index contributed by atoms with van der Waals surface area (Å²) in [6.45, 7) is -0.432. The number of nitrogens with one attached hydrogen (secondary N) is 2. The number of aliphatic hydroxyl groups is 1. The van der Waals surface area contributed by atoms with Gasteiger partial charge in [-0.3, -0.25) is 9.59 Å². The molecule has 7 nitrogen and oxygen atoms in total. The van der Waals surface area contributed by atoms with Gasteiger partial charge in [0, 0.05) is 13.0 Å². The van der Waals surface area contributed by atoms with Gasteiger partial charge in [-0.25, -0.2) is 9.18 Å². The van der Waals surface area contributed by atoms with Crippen LogP contribution in [0.5, 0.6) is 0 Å². The van der Waals surface area contributed by atoms with Crippen molar-refractivity contribution in [3.05, 3.63) is 35.6 Å². The molecule has 0 heterocycles. The first-order chi connectivity index (χ1) is 9.91. The molecule has 1 aromatic carbocycles. The molecule has 1 aromatic rings. The van der Waals surface area contributed by atoms with Gasteiger partial charge >= 0.3 is 5.97 Å². The summed E-state index contributed by atoms with van der Waals surface area (Å²) in [6, 6.07) is 5.34. The smallest absolute Gasteiger partial charge is 0.332 e. The Hall–Kier alpha value is -2.48. The summed E-state index contributed by atoms with van der Waals surface area (Å²) in [5, 5.41) is 21.9. The van der Waals surface area contributed by atoms with Crippen molar-refractivity contribution >= 4 is 17.8 Å². The lowest BCUT2D eigenvalue weighted by Crippen LogP contribution is -2.38. The topological polar surface area (TPSA) is 116 Å². The van der Waals surface area contributed by atoms with Crippen molar-refractivity contribution in [2.75, 3.05) is 13.1 Å². The fourth-order valence-electron chi connectivity index (χ4n) is 1.44. The molecule has 0 aliphatic rings. The molecule has 1 atom stereocenters. The van der Waals surface area contributed by atoms with Crippen LogP contribution in [0.2, 0.25) is 0 Å². The van der Waals surface area contributed by atoms with Crippen molar-refractivity contribution in [1.82, 2.24) is 10.6 Å². The summed E-state index contributed by atoms with van der Waals surface area (Å²) in [5.41, 5.74) is -0.174. The zero-order valence-electron chi connectivity index (χ0n) is 11.0. The first-order valence-corrected chi connectivity index (χ1v) is 6.12. The molecular weight excluding hydrogens is 283 g/mol. The van der Waals surface area contributed by atoms with E-state index in [0.717, 1.165) is 6.07 Å². The summed E-state index contributed by atoms with van der Waals surface area (Å²) in [6.07, 6.45) is -1.71. The molecule has 4 N–H and O–H groups in total. The standard InChI is InChI=1S/C13H15FN2O5/c14-9-4-2-1-3-8(9)12(19)16-7-11(18)15-6-5-10(17)13(20)21/h1-4,10,17H,5-7H2,(H,15,18)(H,16,19)(H,20,21). The Kier molecular flexibility index (Phi) is 6.28. The Bertz CT molecular complexity index is 535. The second kappa shape index (κ2) is 7.95. The second-order valence-electron chi connectivity index (χ2n) is 4.16. The Morgan fingerprint density at radius 1 is 1.19 bits per heavy atom. The number of rotatable bonds is 7. The maximum Gasteiger partial charge on any atom is 0.332 e. The van der Waals surface area contributed by atoms with Gasteiger partial charge in [0.25, 0.3) is 5.91 Å². The van der Waals surface area contributed by atoms with Crippen LogP contribution in [0.1, 0.15) is 16.8 Å². The Balaban J connectivity index is 2.32. The molecule has 114 valence electrons. The van der Waals surface area contributed by atoms with Gasteiger partial charge in [-0.2, -0.15) is 0 Å². The van der Waals surface area contributed by atoms with Gasteiger partial charge in [0.15, 0.2) is 6.10 Å². The summed E-state index contributed by atoms with van der Waals surface area (Å²) >= 11 is 0. The van der Waals surface area contributed by atoms with Crippen LogP contribution in [0, 0.1) is 5.82 Å². The van der Waals surface area contributed by atoms with E-state index in [0.29, 0.717) is 0 Å². The third-order valence-electron chi connectivity index (χ3n) is 2.55. The molecule has 0 fully saturated rings. The van der Waals surface area contributed by atoms with E-state index < -0.39 is 29.7 Å². The molecule has 0 aromatic heterocycles. The van der Waals surface area contributed by atoms with Crippen LogP contribution in [0.25, 0.3) is 0 Å². The van der Waals surface area contributed by atoms with E-state index in [1.165, 1.54) is 18.2 Å². The molecule has 0 bridgehead atoms. The van der Waals surface area contributed by atoms with Gasteiger partial charge in [-0.1, -0.05) is 12.1 Å². The molecule has 0 aliphatic carbocycles. The molecule has 1 unspecified atom stereocenters. The molecule has 2 amide bonds. The highest BCUT2D eigenvalue weighted by molar-refractivity contribution is 5.96. The largest absolute Gasteiger partial charge is 0.479 e. The van der Waals surface area contributed by atoms with Crippen LogP contribution in [-0.2, 0) is 9.59 Å². The van der Waals surface area contributed by atoms with Crippen molar-refractivity contribution < 1.29 is 29.0 Å². The van der Waals surface area contributed by atoms with Crippen molar-refractivity contribution in [3.8, 4) is 0 Å². The lowest BCUT2D eigenvalue weighted by Gasteiger charge is -2.08. The first-order valence-electron chi connectivity index (χ1n) is 6.12. The number of halogens is 1. The lowest BCUT2D eigenvalue weighted by atomic mass is 10.2. The molecular formula is C13H15FN2O5. The average Bonchev–Trinajstić information content (AvgIpc) is 2.45. The third-order valence-corrected chi connectivity index (χ3v) is 2.55. The molecule has 0 saturated heterocycles. The van der Waals surface area contributed by atoms with E-state index in [1.807, 2.05) is 0 Å². The van der Waals surface area contributed by atoms with Gasteiger partial charge in [0.2, 0.25) is 5.91 Å². The number of benzene rings is 1. The van der Waals surface area contributed by atoms with Gasteiger partial charge in [0.1, 0.15) is 5.82 Å². The molecule has 0 saturated carbocycles. The van der Waals surface area contributed by atoms with Crippen LogP contribution in [0.15, 0.2) is 24.3 Å². The van der Waals surface area contributed by atoms with E-state index in [1.54, 1.807) is 0 Å². The van der Waals surface area contributed by atoms with Crippen molar-refractivity contribution in [2.24, 2.45) is 0 Å². The number of hydrogen-bond acceptors (Lipinski definition) is 4. The average molecular weight is 298 g/mol. The summed E-state index contributed by atoms with van der Waals surface area (Å²) in [4.78, 5) is 33.3. The number of carboxylic acid groups (broad SMARTS) is 1. The zero-order valence-corrected chi connectivity index (χ0v) is 11.0. The van der Waals surface area contributed by atoms with Crippen LogP contribution in [0.3, 0.4) is 0 Å². The number of aliphatic hydroxyl groups excluding tert-OH is 1. The first kappa shape index (κ1) is 16.6. The maximum atomic E-state index is 13.3. The third kappa shape index (κ3) is 5.57. The molecule has 0 spiro atoms. The van der Waals surface area contributed by atoms with Crippen LogP contribution >= 0.6 is 0 Å². The molecule has 0 radical (unpaired) electrons. The van der Waals surface area contributed by atoms with Gasteiger partial charge < -0.3 is 20.8 Å². The monoisotopic (exact) mass is 298 g/mol. The highest BCUT2D eigenvalue weighted by atomic mass is 19.1. The number of carboxylic acids is 1. The van der Waals surface area contributed by atoms with Gasteiger partial charge in [0.05, 0.1) is 12.1 Å². The highest BCUT2D eigenvalue weighted by Crippen LogP contribution is 2.05. The maximum absolute atomic E-state index is 13.3. The number of carbonyl (C=O) groups is 3. The van der Waals surface area contributed by atoms with E-state index in [4.69, 9.17) is 10.2 Å². The predicted octanol–water partition coefficient (Wildman–Crippen LogP) is -0.493. The van der Waals surface area contributed by atoms with Gasteiger partial charge in [-0.05, 0) is 12.1 Å². The lowest BCUT2D eigenvalue weighted by molar-refractivity contribution is -0.147. The Morgan fingerprint density at radius 2 is 1.86 bits per heavy atom. The van der Waals surface area contributed by atoms with E-state index in [9.17, 15) is 18.8 Å². The molecule has 8 heteroatoms.